The standard InChI is InChI=1S/C19H30FN3O.HI/c1-3-24-13-12-19(10-4-5-11-19)15-23-18(21-2)22-14-16-6-8-17(20)9-7-16;/h6-9H,3-5,10-15H2,1-2H3,(H2,21,22,23);1H. The van der Waals surface area contributed by atoms with Crippen LogP contribution in [0.5, 0.6) is 0 Å². The Kier molecular flexibility index (Phi) is 10.3. The predicted octanol–water partition coefficient (Wildman–Crippen LogP) is 4.10. The molecule has 2 rings (SSSR count). The van der Waals surface area contributed by atoms with Crippen LogP contribution in [0.3, 0.4) is 0 Å². The van der Waals surface area contributed by atoms with Gasteiger partial charge in [-0.2, -0.15) is 0 Å². The van der Waals surface area contributed by atoms with Gasteiger partial charge in [-0.1, -0.05) is 25.0 Å². The van der Waals surface area contributed by atoms with E-state index < -0.39 is 0 Å². The molecule has 0 unspecified atom stereocenters. The van der Waals surface area contributed by atoms with Gasteiger partial charge in [-0.15, -0.1) is 24.0 Å². The third-order valence-electron chi connectivity index (χ3n) is 4.87. The summed E-state index contributed by atoms with van der Waals surface area (Å²) in [6.45, 7) is 5.21. The summed E-state index contributed by atoms with van der Waals surface area (Å²) in [5.74, 6) is 0.584. The summed E-state index contributed by atoms with van der Waals surface area (Å²) >= 11 is 0. The Morgan fingerprint density at radius 2 is 1.88 bits per heavy atom. The first-order chi connectivity index (χ1) is 11.7. The zero-order chi connectivity index (χ0) is 17.3. The Hall–Kier alpha value is -0.890. The molecule has 0 aromatic heterocycles. The molecule has 0 bridgehead atoms. The maximum atomic E-state index is 12.9. The molecular formula is C19H31FIN3O. The lowest BCUT2D eigenvalue weighted by atomic mass is 9.83. The smallest absolute Gasteiger partial charge is 0.191 e. The van der Waals surface area contributed by atoms with E-state index in [1.807, 2.05) is 6.92 Å². The lowest BCUT2D eigenvalue weighted by Crippen LogP contribution is -2.43. The predicted molar refractivity (Wildman–Crippen MR) is 112 cm³/mol. The van der Waals surface area contributed by atoms with Gasteiger partial charge in [-0.05, 0) is 49.3 Å². The summed E-state index contributed by atoms with van der Waals surface area (Å²) in [6.07, 6.45) is 6.21. The van der Waals surface area contributed by atoms with Crippen molar-refractivity contribution in [1.82, 2.24) is 10.6 Å². The second kappa shape index (κ2) is 11.7. The molecule has 25 heavy (non-hydrogen) atoms. The van der Waals surface area contributed by atoms with Gasteiger partial charge in [0.15, 0.2) is 5.96 Å². The van der Waals surface area contributed by atoms with Crippen LogP contribution < -0.4 is 10.6 Å². The SMILES string of the molecule is CCOCCC1(CNC(=NC)NCc2ccc(F)cc2)CCCC1.I. The van der Waals surface area contributed by atoms with E-state index in [0.717, 1.165) is 37.7 Å². The van der Waals surface area contributed by atoms with Crippen molar-refractivity contribution in [2.75, 3.05) is 26.8 Å². The highest BCUT2D eigenvalue weighted by atomic mass is 127. The Bertz CT molecular complexity index is 516. The van der Waals surface area contributed by atoms with Gasteiger partial charge in [0.05, 0.1) is 0 Å². The van der Waals surface area contributed by atoms with Crippen LogP contribution in [-0.2, 0) is 11.3 Å². The van der Waals surface area contributed by atoms with Crippen molar-refractivity contribution in [2.24, 2.45) is 10.4 Å². The lowest BCUT2D eigenvalue weighted by molar-refractivity contribution is 0.105. The normalized spacial score (nSPS) is 16.4. The van der Waals surface area contributed by atoms with Gasteiger partial charge < -0.3 is 15.4 Å². The van der Waals surface area contributed by atoms with Crippen molar-refractivity contribution in [3.63, 3.8) is 0 Å². The minimum Gasteiger partial charge on any atom is -0.382 e. The topological polar surface area (TPSA) is 45.6 Å². The molecule has 4 nitrogen and oxygen atoms in total. The van der Waals surface area contributed by atoms with Crippen molar-refractivity contribution in [1.29, 1.82) is 0 Å². The van der Waals surface area contributed by atoms with Gasteiger partial charge in [0.2, 0.25) is 0 Å². The van der Waals surface area contributed by atoms with Crippen LogP contribution in [0, 0.1) is 11.2 Å². The fourth-order valence-corrected chi connectivity index (χ4v) is 3.35. The molecule has 1 aliphatic rings. The Labute approximate surface area is 168 Å². The van der Waals surface area contributed by atoms with Crippen molar-refractivity contribution in [3.8, 4) is 0 Å². The summed E-state index contributed by atoms with van der Waals surface area (Å²) in [5.41, 5.74) is 1.36. The minimum absolute atomic E-state index is 0. The molecule has 6 heteroatoms. The molecule has 0 atom stereocenters. The van der Waals surface area contributed by atoms with Gasteiger partial charge in [0.25, 0.3) is 0 Å². The van der Waals surface area contributed by atoms with Gasteiger partial charge >= 0.3 is 0 Å². The molecule has 0 saturated heterocycles. The van der Waals surface area contributed by atoms with Crippen molar-refractivity contribution in [2.45, 2.75) is 45.6 Å². The summed E-state index contributed by atoms with van der Waals surface area (Å²) in [5, 5.41) is 6.77. The Morgan fingerprint density at radius 1 is 1.20 bits per heavy atom. The van der Waals surface area contributed by atoms with E-state index >= 15 is 0 Å². The van der Waals surface area contributed by atoms with E-state index in [-0.39, 0.29) is 29.8 Å². The first-order valence-electron chi connectivity index (χ1n) is 8.94. The van der Waals surface area contributed by atoms with E-state index in [9.17, 15) is 4.39 Å². The van der Waals surface area contributed by atoms with Crippen LogP contribution in [0.25, 0.3) is 0 Å². The number of guanidine groups is 1. The fraction of sp³-hybridized carbons (Fsp3) is 0.632. The van der Waals surface area contributed by atoms with Crippen LogP contribution in [0.1, 0.15) is 44.6 Å². The number of hydrogen-bond donors (Lipinski definition) is 2. The monoisotopic (exact) mass is 463 g/mol. The number of ether oxygens (including phenoxy) is 1. The van der Waals surface area contributed by atoms with E-state index in [4.69, 9.17) is 4.74 Å². The molecule has 1 aromatic rings. The van der Waals surface area contributed by atoms with Gasteiger partial charge in [-0.3, -0.25) is 4.99 Å². The number of halogens is 2. The second-order valence-electron chi connectivity index (χ2n) is 6.56. The quantitative estimate of drug-likeness (QED) is 0.264. The summed E-state index contributed by atoms with van der Waals surface area (Å²) < 4.78 is 18.5. The van der Waals surface area contributed by atoms with Gasteiger partial charge in [-0.25, -0.2) is 4.39 Å². The highest BCUT2D eigenvalue weighted by molar-refractivity contribution is 14.0. The first-order valence-corrected chi connectivity index (χ1v) is 8.94. The van der Waals surface area contributed by atoms with Crippen LogP contribution in [0.15, 0.2) is 29.3 Å². The molecule has 0 aliphatic heterocycles. The molecule has 1 saturated carbocycles. The van der Waals surface area contributed by atoms with Crippen LogP contribution in [0.4, 0.5) is 4.39 Å². The van der Waals surface area contributed by atoms with Gasteiger partial charge in [0, 0.05) is 33.4 Å². The van der Waals surface area contributed by atoms with E-state index in [1.54, 1.807) is 19.2 Å². The average molecular weight is 463 g/mol. The Balaban J connectivity index is 0.00000312. The van der Waals surface area contributed by atoms with Crippen LogP contribution in [0.2, 0.25) is 0 Å². The maximum absolute atomic E-state index is 12.9. The number of nitrogens with one attached hydrogen (secondary N) is 2. The second-order valence-corrected chi connectivity index (χ2v) is 6.56. The third-order valence-corrected chi connectivity index (χ3v) is 4.87. The molecule has 0 heterocycles. The molecule has 0 amide bonds. The van der Waals surface area contributed by atoms with E-state index in [1.165, 1.54) is 37.8 Å². The fourth-order valence-electron chi connectivity index (χ4n) is 3.35. The highest BCUT2D eigenvalue weighted by Gasteiger charge is 2.33. The molecule has 0 radical (unpaired) electrons. The first kappa shape index (κ1) is 22.2. The molecule has 1 aromatic carbocycles. The summed E-state index contributed by atoms with van der Waals surface area (Å²) in [6, 6.07) is 6.54. The largest absolute Gasteiger partial charge is 0.382 e. The number of hydrogen-bond acceptors (Lipinski definition) is 2. The minimum atomic E-state index is -0.210. The van der Waals surface area contributed by atoms with Crippen molar-refractivity contribution < 1.29 is 9.13 Å². The molecule has 0 spiro atoms. The number of nitrogens with zero attached hydrogens (tertiary/aromatic N) is 1. The number of rotatable bonds is 8. The zero-order valence-corrected chi connectivity index (χ0v) is 17.6. The molecular weight excluding hydrogens is 432 g/mol. The van der Waals surface area contributed by atoms with Crippen LogP contribution in [-0.4, -0.2) is 32.8 Å². The number of aliphatic imine (C=N–C) groups is 1. The summed E-state index contributed by atoms with van der Waals surface area (Å²) in [7, 11) is 1.78. The maximum Gasteiger partial charge on any atom is 0.191 e. The Morgan fingerprint density at radius 3 is 2.48 bits per heavy atom. The van der Waals surface area contributed by atoms with Crippen LogP contribution >= 0.6 is 24.0 Å². The highest BCUT2D eigenvalue weighted by Crippen LogP contribution is 2.40. The summed E-state index contributed by atoms with van der Waals surface area (Å²) in [4.78, 5) is 4.30. The van der Waals surface area contributed by atoms with Crippen molar-refractivity contribution in [3.05, 3.63) is 35.6 Å². The molecule has 1 aliphatic carbocycles. The average Bonchev–Trinajstić information content (AvgIpc) is 3.06. The van der Waals surface area contributed by atoms with Gasteiger partial charge in [0.1, 0.15) is 5.82 Å². The van der Waals surface area contributed by atoms with E-state index in [0.29, 0.717) is 12.0 Å². The van der Waals surface area contributed by atoms with Crippen molar-refractivity contribution >= 4 is 29.9 Å². The molecule has 1 fully saturated rings. The number of benzene rings is 1. The molecule has 142 valence electrons. The molecule has 2 N–H and O–H groups in total. The van der Waals surface area contributed by atoms with E-state index in [2.05, 4.69) is 15.6 Å². The lowest BCUT2D eigenvalue weighted by Gasteiger charge is -2.30. The third kappa shape index (κ3) is 7.48. The zero-order valence-electron chi connectivity index (χ0n) is 15.3.